The number of hydrogen-bond acceptors (Lipinski definition) is 3. The number of anilines is 1. The molecule has 0 unspecified atom stereocenters. The largest absolute Gasteiger partial charge is 0.312 e. The highest BCUT2D eigenvalue weighted by molar-refractivity contribution is 5.73. The number of carbonyl (C=O) groups excluding carboxylic acids is 1. The maximum atomic E-state index is 10.3. The van der Waals surface area contributed by atoms with Gasteiger partial charge in [0.15, 0.2) is 5.82 Å². The number of unbranched alkanes of at least 4 members (excludes halogenated alkanes) is 1. The zero-order valence-electron chi connectivity index (χ0n) is 15.6. The number of carbonyl (C=O) groups is 1. The molecule has 0 bridgehead atoms. The number of H-pyrrole nitrogens is 1. The zero-order chi connectivity index (χ0) is 18.1. The summed E-state index contributed by atoms with van der Waals surface area (Å²) in [6.07, 6.45) is 6.21. The third-order valence-corrected chi connectivity index (χ3v) is 4.48. The van der Waals surface area contributed by atoms with E-state index in [0.717, 1.165) is 11.3 Å². The molecular formula is C20H30N4O. The van der Waals surface area contributed by atoms with Crippen LogP contribution in [0.1, 0.15) is 43.7 Å². The predicted octanol–water partition coefficient (Wildman–Crippen LogP) is 4.14. The van der Waals surface area contributed by atoms with Crippen molar-refractivity contribution in [3.63, 3.8) is 0 Å². The van der Waals surface area contributed by atoms with Crippen LogP contribution in [0.2, 0.25) is 0 Å². The molecule has 2 N–H and O–H groups in total. The number of nitrogens with zero attached hydrogens (tertiary/aromatic N) is 2. The van der Waals surface area contributed by atoms with Crippen molar-refractivity contribution in [2.24, 2.45) is 0 Å². The lowest BCUT2D eigenvalue weighted by atomic mass is 10.0. The summed E-state index contributed by atoms with van der Waals surface area (Å²) < 4.78 is 0. The van der Waals surface area contributed by atoms with E-state index >= 15 is 0 Å². The van der Waals surface area contributed by atoms with Gasteiger partial charge in [-0.1, -0.05) is 37.1 Å². The lowest BCUT2D eigenvalue weighted by Crippen LogP contribution is -2.19. The molecule has 25 heavy (non-hydrogen) atoms. The quantitative estimate of drug-likeness (QED) is 0.776. The fourth-order valence-electron chi connectivity index (χ4n) is 3.10. The van der Waals surface area contributed by atoms with Crippen LogP contribution in [0.3, 0.4) is 0 Å². The molecule has 1 aromatic heterocycles. The predicted molar refractivity (Wildman–Crippen MR) is 104 cm³/mol. The van der Waals surface area contributed by atoms with Crippen LogP contribution < -0.4 is 5.32 Å². The lowest BCUT2D eigenvalue weighted by molar-refractivity contribution is -0.105. The number of aromatic nitrogens is 2. The summed E-state index contributed by atoms with van der Waals surface area (Å²) in [5.41, 5.74) is 4.41. The van der Waals surface area contributed by atoms with Crippen molar-refractivity contribution in [1.29, 1.82) is 0 Å². The Kier molecular flexibility index (Phi) is 7.67. The second-order valence-electron chi connectivity index (χ2n) is 6.65. The molecular weight excluding hydrogens is 312 g/mol. The summed E-state index contributed by atoms with van der Waals surface area (Å²) in [7, 11) is 0. The number of benzene rings is 1. The molecule has 2 heterocycles. The highest BCUT2D eigenvalue weighted by atomic mass is 16.1. The molecule has 1 amide bonds. The molecule has 1 aliphatic rings. The summed E-state index contributed by atoms with van der Waals surface area (Å²) in [6.45, 7) is 10.4. The molecule has 136 valence electrons. The fourth-order valence-corrected chi connectivity index (χ4v) is 3.10. The molecule has 0 aliphatic carbocycles. The Bertz CT molecular complexity index is 659. The number of likely N-dealkylation sites (tertiary alicyclic amines) is 1. The summed E-state index contributed by atoms with van der Waals surface area (Å²) in [4.78, 5) is 12.8. The monoisotopic (exact) mass is 342 g/mol. The van der Waals surface area contributed by atoms with E-state index in [4.69, 9.17) is 0 Å². The molecule has 1 aromatic carbocycles. The molecule has 2 aromatic rings. The zero-order valence-corrected chi connectivity index (χ0v) is 15.6. The maximum Gasteiger partial charge on any atom is 0.212 e. The molecule has 0 saturated carbocycles. The summed E-state index contributed by atoms with van der Waals surface area (Å²) in [6, 6.07) is 8.02. The van der Waals surface area contributed by atoms with Crippen LogP contribution in [-0.4, -0.2) is 41.1 Å². The first-order chi connectivity index (χ1) is 12.1. The fraction of sp³-hybridized carbons (Fsp3) is 0.500. The van der Waals surface area contributed by atoms with Gasteiger partial charge in [-0.15, -0.1) is 0 Å². The smallest absolute Gasteiger partial charge is 0.212 e. The van der Waals surface area contributed by atoms with Crippen LogP contribution in [0.25, 0.3) is 11.3 Å². The van der Waals surface area contributed by atoms with Crippen molar-refractivity contribution in [1.82, 2.24) is 15.1 Å². The Labute approximate surface area is 150 Å². The van der Waals surface area contributed by atoms with E-state index in [1.165, 1.54) is 56.4 Å². The number of aryl methyl sites for hydroxylation is 2. The highest BCUT2D eigenvalue weighted by Crippen LogP contribution is 2.23. The Hall–Kier alpha value is -2.14. The minimum atomic E-state index is 0.532. The number of hydrogen-bond donors (Lipinski definition) is 2. The molecule has 5 heteroatoms. The van der Waals surface area contributed by atoms with Crippen LogP contribution in [0.15, 0.2) is 24.3 Å². The molecule has 0 atom stereocenters. The van der Waals surface area contributed by atoms with Crippen molar-refractivity contribution in [2.45, 2.75) is 46.5 Å². The van der Waals surface area contributed by atoms with Gasteiger partial charge in [-0.2, -0.15) is 5.10 Å². The van der Waals surface area contributed by atoms with Crippen molar-refractivity contribution < 1.29 is 4.79 Å². The van der Waals surface area contributed by atoms with Gasteiger partial charge in [0.1, 0.15) is 0 Å². The highest BCUT2D eigenvalue weighted by Gasteiger charge is 2.09. The van der Waals surface area contributed by atoms with E-state index < -0.39 is 0 Å². The van der Waals surface area contributed by atoms with E-state index in [1.54, 1.807) is 0 Å². The number of aromatic amines is 1. The van der Waals surface area contributed by atoms with Gasteiger partial charge < -0.3 is 10.2 Å². The van der Waals surface area contributed by atoms with Crippen LogP contribution in [-0.2, 0) is 4.79 Å². The Morgan fingerprint density at radius 1 is 1.24 bits per heavy atom. The van der Waals surface area contributed by atoms with Crippen molar-refractivity contribution in [3.05, 3.63) is 35.4 Å². The molecule has 0 radical (unpaired) electrons. The molecule has 1 saturated heterocycles. The average molecular weight is 342 g/mol. The van der Waals surface area contributed by atoms with Gasteiger partial charge >= 0.3 is 0 Å². The molecule has 3 rings (SSSR count). The van der Waals surface area contributed by atoms with E-state index in [-0.39, 0.29) is 0 Å². The first kappa shape index (κ1) is 19.2. The van der Waals surface area contributed by atoms with Gasteiger partial charge in [0.2, 0.25) is 6.41 Å². The van der Waals surface area contributed by atoms with E-state index in [9.17, 15) is 4.79 Å². The normalized spacial score (nSPS) is 14.0. The third kappa shape index (κ3) is 6.02. The number of amides is 1. The van der Waals surface area contributed by atoms with Gasteiger partial charge in [-0.3, -0.25) is 9.89 Å². The minimum Gasteiger partial charge on any atom is -0.312 e. The first-order valence-corrected chi connectivity index (χ1v) is 9.19. The lowest BCUT2D eigenvalue weighted by Gasteiger charge is -2.12. The molecule has 1 fully saturated rings. The van der Waals surface area contributed by atoms with E-state index in [0.29, 0.717) is 12.2 Å². The molecule has 5 nitrogen and oxygen atoms in total. The van der Waals surface area contributed by atoms with Crippen molar-refractivity contribution in [2.75, 3.05) is 25.0 Å². The standard InChI is InChI=1S/C12H13N3O.C8H17N/c1-8-3-4-10(9(2)5-8)11-6-12(13-7-16)15-14-11;1-2-3-6-9-7-4-5-8-9/h3-7H,1-2H3,(H2,13,14,15,16);2-8H2,1H3. The van der Waals surface area contributed by atoms with Gasteiger partial charge in [0, 0.05) is 11.6 Å². The van der Waals surface area contributed by atoms with Crippen LogP contribution in [0.5, 0.6) is 0 Å². The maximum absolute atomic E-state index is 10.3. The van der Waals surface area contributed by atoms with Crippen molar-refractivity contribution in [3.8, 4) is 11.3 Å². The van der Waals surface area contributed by atoms with Crippen LogP contribution in [0, 0.1) is 13.8 Å². The topological polar surface area (TPSA) is 61.0 Å². The summed E-state index contributed by atoms with van der Waals surface area (Å²) in [5.74, 6) is 0.532. The van der Waals surface area contributed by atoms with Gasteiger partial charge in [-0.05, 0) is 58.3 Å². The Morgan fingerprint density at radius 2 is 2.00 bits per heavy atom. The first-order valence-electron chi connectivity index (χ1n) is 9.19. The van der Waals surface area contributed by atoms with Gasteiger partial charge in [0.05, 0.1) is 5.69 Å². The summed E-state index contributed by atoms with van der Waals surface area (Å²) in [5, 5.41) is 9.38. The number of nitrogens with one attached hydrogen (secondary N) is 2. The number of rotatable bonds is 6. The second-order valence-corrected chi connectivity index (χ2v) is 6.65. The SMILES string of the molecule is CCCCN1CCCC1.Cc1ccc(-c2cc(NC=O)n[nH]2)c(C)c1. The molecule has 0 spiro atoms. The Balaban J connectivity index is 0.000000212. The summed E-state index contributed by atoms with van der Waals surface area (Å²) >= 11 is 0. The van der Waals surface area contributed by atoms with E-state index in [1.807, 2.05) is 12.1 Å². The van der Waals surface area contributed by atoms with Crippen molar-refractivity contribution >= 4 is 12.2 Å². The van der Waals surface area contributed by atoms with Crippen LogP contribution in [0.4, 0.5) is 5.82 Å². The van der Waals surface area contributed by atoms with Gasteiger partial charge in [0.25, 0.3) is 0 Å². The minimum absolute atomic E-state index is 0.532. The Morgan fingerprint density at radius 3 is 2.64 bits per heavy atom. The van der Waals surface area contributed by atoms with Gasteiger partial charge in [-0.25, -0.2) is 0 Å². The van der Waals surface area contributed by atoms with Crippen LogP contribution >= 0.6 is 0 Å². The second kappa shape index (κ2) is 9.99. The third-order valence-electron chi connectivity index (χ3n) is 4.48. The average Bonchev–Trinajstić information content (AvgIpc) is 3.26. The molecule has 1 aliphatic heterocycles. The van der Waals surface area contributed by atoms with E-state index in [2.05, 4.69) is 53.3 Å².